The monoisotopic (exact) mass is 310 g/mol. The van der Waals surface area contributed by atoms with Crippen molar-refractivity contribution < 1.29 is 10.2 Å². The number of rotatable bonds is 7. The van der Waals surface area contributed by atoms with E-state index in [4.69, 9.17) is 0 Å². The van der Waals surface area contributed by atoms with E-state index in [2.05, 4.69) is 31.2 Å². The van der Waals surface area contributed by atoms with Gasteiger partial charge in [0.2, 0.25) is 0 Å². The Bertz CT molecular complexity index is 642. The first kappa shape index (κ1) is 15.9. The molecule has 0 heterocycles. The van der Waals surface area contributed by atoms with E-state index < -0.39 is 0 Å². The van der Waals surface area contributed by atoms with Crippen LogP contribution < -0.4 is 0 Å². The average molecular weight is 310 g/mol. The molecular formula is C21H26O2. The molecule has 0 bridgehead atoms. The second-order valence-corrected chi connectivity index (χ2v) is 6.73. The van der Waals surface area contributed by atoms with Gasteiger partial charge in [0.05, 0.1) is 0 Å². The summed E-state index contributed by atoms with van der Waals surface area (Å²) < 4.78 is 0. The highest BCUT2D eigenvalue weighted by molar-refractivity contribution is 5.44. The maximum atomic E-state index is 9.53. The molecule has 2 nitrogen and oxygen atoms in total. The van der Waals surface area contributed by atoms with Gasteiger partial charge in [0.25, 0.3) is 0 Å². The number of fused-ring (bicyclic) bond motifs is 1. The standard InChI is InChI=1S/C21H26O2/c1-2-7-18-19(21-11-6-5-10-20(18)21)9-4-3-8-15-12-16(22)14-17(23)13-15/h5-6,10-14,18-19,22-23H,2-4,7-9H2,1H3/t18-,19-/m1/s1. The molecule has 1 aliphatic rings. The summed E-state index contributed by atoms with van der Waals surface area (Å²) in [6.45, 7) is 2.27. The summed E-state index contributed by atoms with van der Waals surface area (Å²) in [5.41, 5.74) is 4.14. The Kier molecular flexibility index (Phi) is 4.90. The highest BCUT2D eigenvalue weighted by Crippen LogP contribution is 2.51. The van der Waals surface area contributed by atoms with Gasteiger partial charge in [0, 0.05) is 6.07 Å². The van der Waals surface area contributed by atoms with Crippen molar-refractivity contribution in [3.8, 4) is 11.5 Å². The third-order valence-corrected chi connectivity index (χ3v) is 5.07. The Morgan fingerprint density at radius 2 is 1.43 bits per heavy atom. The van der Waals surface area contributed by atoms with Crippen LogP contribution in [0.2, 0.25) is 0 Å². The van der Waals surface area contributed by atoms with Gasteiger partial charge in [0.1, 0.15) is 11.5 Å². The summed E-state index contributed by atoms with van der Waals surface area (Å²) in [6, 6.07) is 13.8. The molecule has 23 heavy (non-hydrogen) atoms. The van der Waals surface area contributed by atoms with Gasteiger partial charge in [-0.1, -0.05) is 44.0 Å². The number of aryl methyl sites for hydroxylation is 1. The molecule has 0 saturated carbocycles. The maximum absolute atomic E-state index is 9.53. The van der Waals surface area contributed by atoms with E-state index in [0.29, 0.717) is 0 Å². The topological polar surface area (TPSA) is 40.5 Å². The number of benzene rings is 2. The van der Waals surface area contributed by atoms with E-state index in [1.54, 1.807) is 23.3 Å². The zero-order chi connectivity index (χ0) is 16.2. The number of hydrogen-bond acceptors (Lipinski definition) is 2. The van der Waals surface area contributed by atoms with Crippen molar-refractivity contribution in [1.82, 2.24) is 0 Å². The highest BCUT2D eigenvalue weighted by atomic mass is 16.3. The van der Waals surface area contributed by atoms with Crippen molar-refractivity contribution in [2.45, 2.75) is 57.3 Å². The maximum Gasteiger partial charge on any atom is 0.119 e. The third-order valence-electron chi connectivity index (χ3n) is 5.07. The van der Waals surface area contributed by atoms with Crippen molar-refractivity contribution in [3.05, 3.63) is 59.2 Å². The van der Waals surface area contributed by atoms with E-state index in [9.17, 15) is 10.2 Å². The zero-order valence-corrected chi connectivity index (χ0v) is 13.8. The van der Waals surface area contributed by atoms with Crippen LogP contribution in [0.25, 0.3) is 0 Å². The summed E-state index contributed by atoms with van der Waals surface area (Å²) >= 11 is 0. The highest BCUT2D eigenvalue weighted by Gasteiger charge is 2.35. The van der Waals surface area contributed by atoms with Crippen molar-refractivity contribution in [3.63, 3.8) is 0 Å². The van der Waals surface area contributed by atoms with Crippen LogP contribution in [0.1, 0.15) is 67.6 Å². The molecule has 122 valence electrons. The Hall–Kier alpha value is -1.96. The molecule has 3 rings (SSSR count). The molecule has 0 spiro atoms. The molecule has 1 aliphatic carbocycles. The van der Waals surface area contributed by atoms with Crippen LogP contribution >= 0.6 is 0 Å². The molecule has 0 saturated heterocycles. The molecule has 2 aromatic carbocycles. The van der Waals surface area contributed by atoms with E-state index in [-0.39, 0.29) is 11.5 Å². The Morgan fingerprint density at radius 1 is 0.826 bits per heavy atom. The largest absolute Gasteiger partial charge is 0.508 e. The van der Waals surface area contributed by atoms with Gasteiger partial charge in [-0.3, -0.25) is 0 Å². The minimum atomic E-state index is 0.149. The zero-order valence-electron chi connectivity index (χ0n) is 13.8. The molecular weight excluding hydrogens is 284 g/mol. The molecule has 2 aromatic rings. The molecule has 2 heteroatoms. The predicted octanol–water partition coefficient (Wildman–Crippen LogP) is 5.49. The summed E-state index contributed by atoms with van der Waals surface area (Å²) in [5.74, 6) is 1.77. The van der Waals surface area contributed by atoms with Gasteiger partial charge in [-0.15, -0.1) is 0 Å². The van der Waals surface area contributed by atoms with Crippen LogP contribution in [0.3, 0.4) is 0 Å². The minimum absolute atomic E-state index is 0.149. The molecule has 2 atom stereocenters. The number of aromatic hydroxyl groups is 2. The van der Waals surface area contributed by atoms with Crippen LogP contribution in [0.4, 0.5) is 0 Å². The van der Waals surface area contributed by atoms with Gasteiger partial charge in [-0.2, -0.15) is 0 Å². The van der Waals surface area contributed by atoms with Crippen molar-refractivity contribution >= 4 is 0 Å². The third kappa shape index (κ3) is 3.52. The van der Waals surface area contributed by atoms with Gasteiger partial charge < -0.3 is 10.2 Å². The van der Waals surface area contributed by atoms with Crippen molar-refractivity contribution in [1.29, 1.82) is 0 Å². The Morgan fingerprint density at radius 3 is 2.04 bits per heavy atom. The van der Waals surface area contributed by atoms with E-state index in [1.807, 2.05) is 0 Å². The summed E-state index contributed by atoms with van der Waals surface area (Å²) in [7, 11) is 0. The van der Waals surface area contributed by atoms with Gasteiger partial charge >= 0.3 is 0 Å². The van der Waals surface area contributed by atoms with Crippen LogP contribution in [0.15, 0.2) is 42.5 Å². The lowest BCUT2D eigenvalue weighted by molar-refractivity contribution is 0.402. The number of phenols is 2. The first-order chi connectivity index (χ1) is 11.2. The van der Waals surface area contributed by atoms with E-state index >= 15 is 0 Å². The molecule has 0 amide bonds. The smallest absolute Gasteiger partial charge is 0.119 e. The fourth-order valence-corrected chi connectivity index (χ4v) is 4.04. The van der Waals surface area contributed by atoms with Gasteiger partial charge in [-0.05, 0) is 66.3 Å². The van der Waals surface area contributed by atoms with E-state index in [1.165, 1.54) is 31.7 Å². The van der Waals surface area contributed by atoms with Crippen molar-refractivity contribution in [2.75, 3.05) is 0 Å². The lowest BCUT2D eigenvalue weighted by Crippen LogP contribution is -2.24. The predicted molar refractivity (Wildman–Crippen MR) is 94.2 cm³/mol. The second kappa shape index (κ2) is 7.08. The van der Waals surface area contributed by atoms with E-state index in [0.717, 1.165) is 30.2 Å². The Balaban J connectivity index is 1.52. The normalized spacial score (nSPS) is 19.2. The minimum Gasteiger partial charge on any atom is -0.508 e. The average Bonchev–Trinajstić information content (AvgIpc) is 2.51. The summed E-state index contributed by atoms with van der Waals surface area (Å²) in [4.78, 5) is 0. The lowest BCUT2D eigenvalue weighted by Gasteiger charge is -2.40. The first-order valence-corrected chi connectivity index (χ1v) is 8.79. The van der Waals surface area contributed by atoms with Gasteiger partial charge in [0.15, 0.2) is 0 Å². The van der Waals surface area contributed by atoms with Crippen LogP contribution in [0, 0.1) is 0 Å². The number of unbranched alkanes of at least 4 members (excludes halogenated alkanes) is 1. The Labute approximate surface area is 138 Å². The van der Waals surface area contributed by atoms with Gasteiger partial charge in [-0.25, -0.2) is 0 Å². The SMILES string of the molecule is CCC[C@H]1c2ccccc2[C@@H]1CCCCc1cc(O)cc(O)c1. The van der Waals surface area contributed by atoms with Crippen LogP contribution in [-0.4, -0.2) is 10.2 Å². The molecule has 0 aliphatic heterocycles. The second-order valence-electron chi connectivity index (χ2n) is 6.73. The molecule has 2 N–H and O–H groups in total. The molecule has 0 fully saturated rings. The molecule has 0 radical (unpaired) electrons. The van der Waals surface area contributed by atoms with Crippen molar-refractivity contribution in [2.24, 2.45) is 0 Å². The molecule has 0 aromatic heterocycles. The number of phenolic OH excluding ortho intramolecular Hbond substituents is 2. The fourth-order valence-electron chi connectivity index (χ4n) is 4.04. The fraction of sp³-hybridized carbons (Fsp3) is 0.429. The molecule has 0 unspecified atom stereocenters. The van der Waals surface area contributed by atoms with Crippen LogP contribution in [0.5, 0.6) is 11.5 Å². The lowest BCUT2D eigenvalue weighted by atomic mass is 9.64. The number of hydrogen-bond donors (Lipinski definition) is 2. The van der Waals surface area contributed by atoms with Crippen LogP contribution in [-0.2, 0) is 6.42 Å². The first-order valence-electron chi connectivity index (χ1n) is 8.79. The quantitative estimate of drug-likeness (QED) is 0.664. The summed E-state index contributed by atoms with van der Waals surface area (Å²) in [5, 5.41) is 19.1. The summed E-state index contributed by atoms with van der Waals surface area (Å²) in [6.07, 6.45) is 6.98.